The van der Waals surface area contributed by atoms with Crippen LogP contribution in [0.2, 0.25) is 0 Å². The van der Waals surface area contributed by atoms with Crippen molar-refractivity contribution < 1.29 is 9.47 Å². The number of methoxy groups -OCH3 is 1. The van der Waals surface area contributed by atoms with Gasteiger partial charge in [-0.2, -0.15) is 0 Å². The molecule has 1 aromatic rings. The van der Waals surface area contributed by atoms with Crippen LogP contribution in [0.25, 0.3) is 0 Å². The minimum Gasteiger partial charge on any atom is -0.493 e. The molecule has 1 aromatic carbocycles. The van der Waals surface area contributed by atoms with E-state index >= 15 is 0 Å². The first-order chi connectivity index (χ1) is 9.36. The zero-order chi connectivity index (χ0) is 15.2. The van der Waals surface area contributed by atoms with Crippen LogP contribution in [0.5, 0.6) is 11.5 Å². The van der Waals surface area contributed by atoms with Gasteiger partial charge in [0.05, 0.1) is 19.6 Å². The predicted molar refractivity (Wildman–Crippen MR) is 82.8 cm³/mol. The number of nitrogens with one attached hydrogen (secondary N) is 1. The maximum atomic E-state index is 7.52. The molecule has 0 atom stereocenters. The average molecular weight is 278 g/mol. The Morgan fingerprint density at radius 2 is 1.95 bits per heavy atom. The predicted octanol–water partition coefficient (Wildman–Crippen LogP) is 3.51. The van der Waals surface area contributed by atoms with Crippen molar-refractivity contribution in [3.8, 4) is 11.5 Å². The Morgan fingerprint density at radius 1 is 1.25 bits per heavy atom. The zero-order valence-electron chi connectivity index (χ0n) is 13.0. The molecule has 0 aliphatic heterocycles. The van der Waals surface area contributed by atoms with Gasteiger partial charge in [0.25, 0.3) is 0 Å². The molecule has 0 bridgehead atoms. The quantitative estimate of drug-likeness (QED) is 0.434. The first-order valence-corrected chi connectivity index (χ1v) is 6.99. The van der Waals surface area contributed by atoms with Gasteiger partial charge < -0.3 is 15.2 Å². The Labute approximate surface area is 121 Å². The molecule has 4 nitrogen and oxygen atoms in total. The Kier molecular flexibility index (Phi) is 5.86. The van der Waals surface area contributed by atoms with Crippen LogP contribution in [0.15, 0.2) is 18.2 Å². The fourth-order valence-corrected chi connectivity index (χ4v) is 1.88. The van der Waals surface area contributed by atoms with Crippen molar-refractivity contribution in [2.45, 2.75) is 40.0 Å². The van der Waals surface area contributed by atoms with E-state index in [9.17, 15) is 0 Å². The van der Waals surface area contributed by atoms with Gasteiger partial charge in [-0.25, -0.2) is 0 Å². The van der Waals surface area contributed by atoms with E-state index in [1.54, 1.807) is 7.11 Å². The molecule has 0 aliphatic carbocycles. The largest absolute Gasteiger partial charge is 0.493 e. The fraction of sp³-hybridized carbons (Fsp3) is 0.562. The van der Waals surface area contributed by atoms with Crippen LogP contribution in [0.4, 0.5) is 0 Å². The third kappa shape index (κ3) is 4.76. The summed E-state index contributed by atoms with van der Waals surface area (Å²) in [4.78, 5) is 0. The third-order valence-corrected chi connectivity index (χ3v) is 3.50. The lowest BCUT2D eigenvalue weighted by atomic mass is 9.86. The second kappa shape index (κ2) is 7.17. The standard InChI is InChI=1S/C16H26N2O2/c1-12-7-8-13(14(11-12)19-4)20-10-6-5-9-16(2,3)15(17)18/h7-8,11H,5-6,9-10H2,1-4H3,(H3,17,18). The number of benzene rings is 1. The summed E-state index contributed by atoms with van der Waals surface area (Å²) in [5.41, 5.74) is 6.49. The smallest absolute Gasteiger partial charge is 0.161 e. The SMILES string of the molecule is COc1cc(C)ccc1OCCCCC(C)(C)C(=N)N. The summed E-state index contributed by atoms with van der Waals surface area (Å²) in [7, 11) is 1.65. The maximum absolute atomic E-state index is 7.52. The van der Waals surface area contributed by atoms with Crippen molar-refractivity contribution in [3.63, 3.8) is 0 Å². The Bertz CT molecular complexity index is 456. The van der Waals surface area contributed by atoms with E-state index in [0.717, 1.165) is 36.3 Å². The summed E-state index contributed by atoms with van der Waals surface area (Å²) in [6.07, 6.45) is 2.82. The van der Waals surface area contributed by atoms with Crippen LogP contribution in [0, 0.1) is 17.7 Å². The number of aryl methyl sites for hydroxylation is 1. The molecule has 3 N–H and O–H groups in total. The number of nitrogens with two attached hydrogens (primary N) is 1. The lowest BCUT2D eigenvalue weighted by Gasteiger charge is -2.22. The molecular weight excluding hydrogens is 252 g/mol. The lowest BCUT2D eigenvalue weighted by Crippen LogP contribution is -2.30. The fourth-order valence-electron chi connectivity index (χ4n) is 1.88. The highest BCUT2D eigenvalue weighted by Crippen LogP contribution is 2.28. The van der Waals surface area contributed by atoms with E-state index < -0.39 is 0 Å². The highest BCUT2D eigenvalue weighted by molar-refractivity contribution is 5.82. The molecule has 0 fully saturated rings. The molecule has 112 valence electrons. The highest BCUT2D eigenvalue weighted by Gasteiger charge is 2.20. The number of amidine groups is 1. The monoisotopic (exact) mass is 278 g/mol. The summed E-state index contributed by atoms with van der Waals surface area (Å²) >= 11 is 0. The van der Waals surface area contributed by atoms with Gasteiger partial charge in [0, 0.05) is 5.41 Å². The van der Waals surface area contributed by atoms with Gasteiger partial charge >= 0.3 is 0 Å². The molecule has 0 amide bonds. The molecule has 0 spiro atoms. The second-order valence-corrected chi connectivity index (χ2v) is 5.76. The molecule has 20 heavy (non-hydrogen) atoms. The molecule has 0 saturated carbocycles. The average Bonchev–Trinajstić information content (AvgIpc) is 2.39. The number of ether oxygens (including phenoxy) is 2. The topological polar surface area (TPSA) is 68.3 Å². The van der Waals surface area contributed by atoms with Gasteiger partial charge in [0.1, 0.15) is 0 Å². The van der Waals surface area contributed by atoms with E-state index in [1.807, 2.05) is 39.0 Å². The lowest BCUT2D eigenvalue weighted by molar-refractivity contribution is 0.279. The molecule has 0 saturated heterocycles. The second-order valence-electron chi connectivity index (χ2n) is 5.76. The van der Waals surface area contributed by atoms with E-state index in [-0.39, 0.29) is 11.3 Å². The summed E-state index contributed by atoms with van der Waals surface area (Å²) in [6.45, 7) is 6.67. The van der Waals surface area contributed by atoms with Crippen molar-refractivity contribution in [1.82, 2.24) is 0 Å². The van der Waals surface area contributed by atoms with Gasteiger partial charge in [-0.15, -0.1) is 0 Å². The Balaban J connectivity index is 2.37. The van der Waals surface area contributed by atoms with Gasteiger partial charge in [-0.1, -0.05) is 19.9 Å². The van der Waals surface area contributed by atoms with Crippen LogP contribution in [0.1, 0.15) is 38.7 Å². The van der Waals surface area contributed by atoms with E-state index in [0.29, 0.717) is 6.61 Å². The number of rotatable bonds is 8. The Morgan fingerprint density at radius 3 is 2.55 bits per heavy atom. The normalized spacial score (nSPS) is 11.2. The van der Waals surface area contributed by atoms with Crippen LogP contribution in [-0.2, 0) is 0 Å². The number of hydrogen-bond donors (Lipinski definition) is 2. The summed E-state index contributed by atoms with van der Waals surface area (Å²) in [5.74, 6) is 1.80. The first-order valence-electron chi connectivity index (χ1n) is 6.99. The molecule has 0 unspecified atom stereocenters. The van der Waals surface area contributed by atoms with Crippen molar-refractivity contribution in [3.05, 3.63) is 23.8 Å². The van der Waals surface area contributed by atoms with Crippen LogP contribution in [0.3, 0.4) is 0 Å². The van der Waals surface area contributed by atoms with Gasteiger partial charge in [-0.3, -0.25) is 5.41 Å². The molecule has 0 radical (unpaired) electrons. The van der Waals surface area contributed by atoms with Crippen LogP contribution in [-0.4, -0.2) is 19.6 Å². The molecule has 0 aliphatic rings. The van der Waals surface area contributed by atoms with Crippen molar-refractivity contribution in [2.24, 2.45) is 11.1 Å². The Hall–Kier alpha value is -1.71. The van der Waals surface area contributed by atoms with E-state index in [2.05, 4.69) is 0 Å². The third-order valence-electron chi connectivity index (χ3n) is 3.50. The number of hydrogen-bond acceptors (Lipinski definition) is 3. The molecule has 0 heterocycles. The highest BCUT2D eigenvalue weighted by atomic mass is 16.5. The minimum absolute atomic E-state index is 0.221. The molecular formula is C16H26N2O2. The molecule has 1 rings (SSSR count). The van der Waals surface area contributed by atoms with Crippen molar-refractivity contribution in [2.75, 3.05) is 13.7 Å². The first kappa shape index (κ1) is 16.3. The van der Waals surface area contributed by atoms with Gasteiger partial charge in [0.2, 0.25) is 0 Å². The van der Waals surface area contributed by atoms with Gasteiger partial charge in [0.15, 0.2) is 11.5 Å². The van der Waals surface area contributed by atoms with E-state index in [1.165, 1.54) is 0 Å². The van der Waals surface area contributed by atoms with Crippen molar-refractivity contribution >= 4 is 5.84 Å². The zero-order valence-corrected chi connectivity index (χ0v) is 13.0. The van der Waals surface area contributed by atoms with E-state index in [4.69, 9.17) is 20.6 Å². The maximum Gasteiger partial charge on any atom is 0.161 e. The summed E-state index contributed by atoms with van der Waals surface area (Å²) in [6, 6.07) is 5.92. The number of unbranched alkanes of at least 4 members (excludes halogenated alkanes) is 1. The van der Waals surface area contributed by atoms with Crippen LogP contribution >= 0.6 is 0 Å². The summed E-state index contributed by atoms with van der Waals surface area (Å²) in [5, 5.41) is 7.52. The molecule has 0 aromatic heterocycles. The summed E-state index contributed by atoms with van der Waals surface area (Å²) < 4.78 is 11.0. The van der Waals surface area contributed by atoms with Crippen LogP contribution < -0.4 is 15.2 Å². The van der Waals surface area contributed by atoms with Gasteiger partial charge in [-0.05, 0) is 43.9 Å². The minimum atomic E-state index is -0.221. The molecule has 4 heteroatoms. The van der Waals surface area contributed by atoms with Crippen molar-refractivity contribution in [1.29, 1.82) is 5.41 Å².